The molecule has 1 N–H and O–H groups in total. The van der Waals surface area contributed by atoms with Crippen LogP contribution in [0.25, 0.3) is 0 Å². The fraction of sp³-hybridized carbons (Fsp3) is 0.533. The number of hydrogen-bond acceptors (Lipinski definition) is 3. The summed E-state index contributed by atoms with van der Waals surface area (Å²) in [6.07, 6.45) is 4.35. The molecule has 0 aliphatic heterocycles. The Kier molecular flexibility index (Phi) is 4.94. The van der Waals surface area contributed by atoms with Crippen LogP contribution in [0.2, 0.25) is 0 Å². The SMILES string of the molecule is CCC(CC1CC1)NC(=O)c1cc(S(=O)(=O)Cl)ccc1C. The van der Waals surface area contributed by atoms with E-state index in [0.29, 0.717) is 5.56 Å². The van der Waals surface area contributed by atoms with Crippen molar-refractivity contribution in [2.24, 2.45) is 5.92 Å². The van der Waals surface area contributed by atoms with Gasteiger partial charge in [0.25, 0.3) is 15.0 Å². The van der Waals surface area contributed by atoms with Gasteiger partial charge in [-0.25, -0.2) is 8.42 Å². The second-order valence-electron chi connectivity index (χ2n) is 5.67. The van der Waals surface area contributed by atoms with Crippen molar-refractivity contribution in [3.05, 3.63) is 29.3 Å². The van der Waals surface area contributed by atoms with Crippen LogP contribution in [-0.4, -0.2) is 20.4 Å². The van der Waals surface area contributed by atoms with Gasteiger partial charge in [0, 0.05) is 22.3 Å². The third-order valence-electron chi connectivity index (χ3n) is 3.88. The van der Waals surface area contributed by atoms with Gasteiger partial charge in [0.1, 0.15) is 0 Å². The van der Waals surface area contributed by atoms with E-state index in [-0.39, 0.29) is 16.8 Å². The Morgan fingerprint density at radius 1 is 1.43 bits per heavy atom. The quantitative estimate of drug-likeness (QED) is 0.815. The number of halogens is 1. The molecule has 1 atom stereocenters. The first kappa shape index (κ1) is 16.3. The van der Waals surface area contributed by atoms with Crippen LogP contribution >= 0.6 is 10.7 Å². The summed E-state index contributed by atoms with van der Waals surface area (Å²) in [5, 5.41) is 3.00. The van der Waals surface area contributed by atoms with Gasteiger partial charge in [0.2, 0.25) is 0 Å². The first-order valence-corrected chi connectivity index (χ1v) is 9.48. The summed E-state index contributed by atoms with van der Waals surface area (Å²) in [6.45, 7) is 3.82. The third kappa shape index (κ3) is 4.45. The number of hydrogen-bond donors (Lipinski definition) is 1. The summed E-state index contributed by atoms with van der Waals surface area (Å²) in [5.74, 6) is 0.494. The summed E-state index contributed by atoms with van der Waals surface area (Å²) in [4.78, 5) is 12.3. The van der Waals surface area contributed by atoms with E-state index in [1.165, 1.54) is 25.0 Å². The predicted octanol–water partition coefficient (Wildman–Crippen LogP) is 3.23. The molecule has 1 fully saturated rings. The molecule has 1 saturated carbocycles. The first-order valence-electron chi connectivity index (χ1n) is 7.17. The molecule has 0 bridgehead atoms. The van der Waals surface area contributed by atoms with Crippen LogP contribution in [-0.2, 0) is 9.05 Å². The fourth-order valence-corrected chi connectivity index (χ4v) is 3.12. The van der Waals surface area contributed by atoms with Crippen LogP contribution < -0.4 is 5.32 Å². The molecule has 0 aromatic heterocycles. The van der Waals surface area contributed by atoms with Crippen molar-refractivity contribution in [2.75, 3.05) is 0 Å². The molecule has 1 unspecified atom stereocenters. The molecule has 1 aromatic carbocycles. The minimum absolute atomic E-state index is 0.0461. The van der Waals surface area contributed by atoms with E-state index in [2.05, 4.69) is 5.32 Å². The smallest absolute Gasteiger partial charge is 0.261 e. The molecule has 0 spiro atoms. The topological polar surface area (TPSA) is 63.2 Å². The minimum atomic E-state index is -3.83. The van der Waals surface area contributed by atoms with E-state index in [0.717, 1.165) is 24.3 Å². The number of benzene rings is 1. The van der Waals surface area contributed by atoms with Gasteiger partial charge >= 0.3 is 0 Å². The largest absolute Gasteiger partial charge is 0.349 e. The zero-order valence-corrected chi connectivity index (χ0v) is 13.8. The maximum atomic E-state index is 12.4. The van der Waals surface area contributed by atoms with Crippen molar-refractivity contribution in [3.8, 4) is 0 Å². The molecule has 0 heterocycles. The molecule has 1 aliphatic carbocycles. The highest BCUT2D eigenvalue weighted by molar-refractivity contribution is 8.13. The van der Waals surface area contributed by atoms with Gasteiger partial charge in [0.15, 0.2) is 0 Å². The zero-order valence-electron chi connectivity index (χ0n) is 12.2. The molecular formula is C15H20ClNO3S. The highest BCUT2D eigenvalue weighted by Gasteiger charge is 2.26. The average molecular weight is 330 g/mol. The van der Waals surface area contributed by atoms with Crippen LogP contribution in [0.15, 0.2) is 23.1 Å². The van der Waals surface area contributed by atoms with Gasteiger partial charge in [-0.15, -0.1) is 0 Å². The Hall–Kier alpha value is -1.07. The lowest BCUT2D eigenvalue weighted by Crippen LogP contribution is -2.35. The minimum Gasteiger partial charge on any atom is -0.349 e. The third-order valence-corrected chi connectivity index (χ3v) is 5.23. The molecule has 6 heteroatoms. The Morgan fingerprint density at radius 3 is 2.62 bits per heavy atom. The molecule has 1 aliphatic rings. The summed E-state index contributed by atoms with van der Waals surface area (Å²) in [6, 6.07) is 4.50. The van der Waals surface area contributed by atoms with E-state index in [1.807, 2.05) is 6.92 Å². The van der Waals surface area contributed by atoms with Crippen molar-refractivity contribution in [2.45, 2.75) is 50.5 Å². The molecule has 2 rings (SSSR count). The molecule has 0 radical (unpaired) electrons. The molecule has 21 heavy (non-hydrogen) atoms. The van der Waals surface area contributed by atoms with Crippen LogP contribution in [0.5, 0.6) is 0 Å². The first-order chi connectivity index (χ1) is 9.81. The molecule has 116 valence electrons. The van der Waals surface area contributed by atoms with Crippen LogP contribution in [0.4, 0.5) is 0 Å². The van der Waals surface area contributed by atoms with Gasteiger partial charge < -0.3 is 5.32 Å². The predicted molar refractivity (Wildman–Crippen MR) is 83.1 cm³/mol. The zero-order chi connectivity index (χ0) is 15.6. The fourth-order valence-electron chi connectivity index (χ4n) is 2.34. The lowest BCUT2D eigenvalue weighted by molar-refractivity contribution is 0.0932. The molecule has 4 nitrogen and oxygen atoms in total. The maximum absolute atomic E-state index is 12.4. The number of carbonyl (C=O) groups excluding carboxylic acids is 1. The van der Waals surface area contributed by atoms with Gasteiger partial charge in [-0.1, -0.05) is 25.8 Å². The second-order valence-corrected chi connectivity index (χ2v) is 8.24. The van der Waals surface area contributed by atoms with Crippen molar-refractivity contribution in [1.29, 1.82) is 0 Å². The number of nitrogens with one attached hydrogen (secondary N) is 1. The van der Waals surface area contributed by atoms with Gasteiger partial charge in [-0.3, -0.25) is 4.79 Å². The van der Waals surface area contributed by atoms with Crippen LogP contribution in [0, 0.1) is 12.8 Å². The standard InChI is InChI=1S/C15H20ClNO3S/c1-3-12(8-11-5-6-11)17-15(18)14-9-13(21(16,19)20)7-4-10(14)2/h4,7,9,11-12H,3,5-6,8H2,1-2H3,(H,17,18). The number of rotatable bonds is 6. The Balaban J connectivity index is 2.17. The van der Waals surface area contributed by atoms with Crippen molar-refractivity contribution >= 4 is 25.6 Å². The van der Waals surface area contributed by atoms with Crippen molar-refractivity contribution in [3.63, 3.8) is 0 Å². The summed E-state index contributed by atoms with van der Waals surface area (Å²) < 4.78 is 22.8. The van der Waals surface area contributed by atoms with Crippen LogP contribution in [0.1, 0.15) is 48.5 Å². The molecule has 1 amide bonds. The Morgan fingerprint density at radius 2 is 2.10 bits per heavy atom. The highest BCUT2D eigenvalue weighted by atomic mass is 35.7. The number of amides is 1. The van der Waals surface area contributed by atoms with Gasteiger partial charge in [-0.05, 0) is 43.4 Å². The summed E-state index contributed by atoms with van der Waals surface area (Å²) >= 11 is 0. The summed E-state index contributed by atoms with van der Waals surface area (Å²) in [5.41, 5.74) is 1.10. The highest BCUT2D eigenvalue weighted by Crippen LogP contribution is 2.34. The monoisotopic (exact) mass is 329 g/mol. The van der Waals surface area contributed by atoms with Gasteiger partial charge in [-0.2, -0.15) is 0 Å². The molecular weight excluding hydrogens is 310 g/mol. The summed E-state index contributed by atoms with van der Waals surface area (Å²) in [7, 11) is 1.51. The molecule has 0 saturated heterocycles. The van der Waals surface area contributed by atoms with Gasteiger partial charge in [0.05, 0.1) is 4.90 Å². The van der Waals surface area contributed by atoms with Crippen LogP contribution in [0.3, 0.4) is 0 Å². The van der Waals surface area contributed by atoms with Crippen molar-refractivity contribution in [1.82, 2.24) is 5.32 Å². The Labute approximate surface area is 130 Å². The normalized spacial score (nSPS) is 16.5. The lowest BCUT2D eigenvalue weighted by Gasteiger charge is -2.17. The van der Waals surface area contributed by atoms with Crippen molar-refractivity contribution < 1.29 is 13.2 Å². The second kappa shape index (κ2) is 6.36. The number of aryl methyl sites for hydroxylation is 1. The van der Waals surface area contributed by atoms with E-state index in [1.54, 1.807) is 13.0 Å². The van der Waals surface area contributed by atoms with E-state index in [9.17, 15) is 13.2 Å². The lowest BCUT2D eigenvalue weighted by atomic mass is 10.0. The maximum Gasteiger partial charge on any atom is 0.261 e. The van der Waals surface area contributed by atoms with E-state index >= 15 is 0 Å². The molecule has 1 aromatic rings. The van der Waals surface area contributed by atoms with E-state index < -0.39 is 9.05 Å². The number of carbonyl (C=O) groups is 1. The average Bonchev–Trinajstić information content (AvgIpc) is 3.20. The Bertz CT molecular complexity index is 638. The van der Waals surface area contributed by atoms with E-state index in [4.69, 9.17) is 10.7 Å².